The van der Waals surface area contributed by atoms with Crippen molar-refractivity contribution in [2.24, 2.45) is 0 Å². The molecular weight excluding hydrogens is 393 g/mol. The summed E-state index contributed by atoms with van der Waals surface area (Å²) in [6.07, 6.45) is 4.12. The van der Waals surface area contributed by atoms with Gasteiger partial charge in [0.1, 0.15) is 11.5 Å². The molecule has 0 amide bonds. The van der Waals surface area contributed by atoms with Gasteiger partial charge in [0.05, 0.1) is 24.3 Å². The molecule has 5 rings (SSSR count). The monoisotopic (exact) mass is 417 g/mol. The second-order valence-corrected chi connectivity index (χ2v) is 8.09. The minimum atomic E-state index is -0.261. The molecule has 1 N–H and O–H groups in total. The van der Waals surface area contributed by atoms with E-state index in [0.29, 0.717) is 13.1 Å². The topological polar surface area (TPSA) is 54.4 Å². The molecule has 1 atom stereocenters. The highest BCUT2D eigenvalue weighted by molar-refractivity contribution is 5.67. The number of hydrogen-bond donors (Lipinski definition) is 1. The maximum Gasteiger partial charge on any atom is 0.155 e. The first-order chi connectivity index (χ1) is 15.1. The average Bonchev–Trinajstić information content (AvgIpc) is 3.49. The van der Waals surface area contributed by atoms with E-state index in [1.54, 1.807) is 18.4 Å². The lowest BCUT2D eigenvalue weighted by atomic mass is 10.1. The maximum atomic E-state index is 13.2. The number of β-amino-alcohol motifs (C(OH)–C–C–N with tert-alkyl or cyclic N) is 1. The molecule has 0 aliphatic carbocycles. The lowest BCUT2D eigenvalue weighted by Crippen LogP contribution is -2.21. The van der Waals surface area contributed by atoms with Gasteiger partial charge in [-0.15, -0.1) is 0 Å². The Kier molecular flexibility index (Phi) is 5.18. The second-order valence-electron chi connectivity index (χ2n) is 8.09. The number of aryl methyl sites for hydroxylation is 1. The summed E-state index contributed by atoms with van der Waals surface area (Å²) in [6.45, 7) is 4.28. The molecule has 1 unspecified atom stereocenters. The highest BCUT2D eigenvalue weighted by Gasteiger charge is 2.25. The van der Waals surface area contributed by atoms with Crippen LogP contribution in [0.1, 0.15) is 17.5 Å². The van der Waals surface area contributed by atoms with Crippen molar-refractivity contribution in [1.82, 2.24) is 14.7 Å². The van der Waals surface area contributed by atoms with Gasteiger partial charge in [0, 0.05) is 25.2 Å². The van der Waals surface area contributed by atoms with Crippen LogP contribution in [0.2, 0.25) is 0 Å². The second kappa shape index (κ2) is 8.13. The molecular formula is C25H24FN3O2. The molecule has 0 spiro atoms. The molecule has 1 aliphatic heterocycles. The van der Waals surface area contributed by atoms with Crippen LogP contribution in [0.4, 0.5) is 4.39 Å². The van der Waals surface area contributed by atoms with Crippen LogP contribution in [-0.2, 0) is 6.54 Å². The first-order valence-electron chi connectivity index (χ1n) is 10.5. The van der Waals surface area contributed by atoms with Crippen molar-refractivity contribution in [2.75, 3.05) is 13.1 Å². The highest BCUT2D eigenvalue weighted by Crippen LogP contribution is 2.32. The van der Waals surface area contributed by atoms with E-state index in [4.69, 9.17) is 4.42 Å². The third-order valence-electron chi connectivity index (χ3n) is 5.85. The van der Waals surface area contributed by atoms with Gasteiger partial charge in [-0.25, -0.2) is 9.07 Å². The molecule has 2 aromatic heterocycles. The average molecular weight is 417 g/mol. The first kappa shape index (κ1) is 19.7. The molecule has 0 bridgehead atoms. The Labute approximate surface area is 180 Å². The minimum Gasteiger partial charge on any atom is -0.462 e. The number of aliphatic hydroxyl groups excluding tert-OH is 1. The van der Waals surface area contributed by atoms with Crippen LogP contribution < -0.4 is 0 Å². The van der Waals surface area contributed by atoms with Gasteiger partial charge in [0.15, 0.2) is 5.76 Å². The summed E-state index contributed by atoms with van der Waals surface area (Å²) < 4.78 is 21.0. The molecule has 1 fully saturated rings. The van der Waals surface area contributed by atoms with Crippen LogP contribution in [0.5, 0.6) is 0 Å². The van der Waals surface area contributed by atoms with Gasteiger partial charge in [-0.2, -0.15) is 5.10 Å². The molecule has 31 heavy (non-hydrogen) atoms. The lowest BCUT2D eigenvalue weighted by Gasteiger charge is -2.15. The Hall–Kier alpha value is -3.22. The number of rotatable bonds is 5. The molecule has 2 aromatic carbocycles. The molecule has 1 saturated heterocycles. The van der Waals surface area contributed by atoms with E-state index in [2.05, 4.69) is 10.00 Å². The standard InChI is InChI=1S/C25H24FN3O2/c1-17-11-13-31-25(17)24-20(15-28-12-10-23(30)16-28)14-27-29(24)22-8-4-19(5-9-22)18-2-6-21(26)7-3-18/h2-9,11,13-14,23,30H,10,12,15-16H2,1H3. The molecule has 3 heterocycles. The van der Waals surface area contributed by atoms with Gasteiger partial charge < -0.3 is 9.52 Å². The Balaban J connectivity index is 1.51. The zero-order valence-electron chi connectivity index (χ0n) is 17.3. The molecule has 6 heteroatoms. The van der Waals surface area contributed by atoms with Gasteiger partial charge in [-0.3, -0.25) is 4.90 Å². The largest absolute Gasteiger partial charge is 0.462 e. The number of nitrogens with zero attached hydrogens (tertiary/aromatic N) is 3. The van der Waals surface area contributed by atoms with Crippen LogP contribution in [0.25, 0.3) is 28.3 Å². The molecule has 1 aliphatic rings. The first-order valence-corrected chi connectivity index (χ1v) is 10.5. The van der Waals surface area contributed by atoms with Crippen molar-refractivity contribution < 1.29 is 13.9 Å². The van der Waals surface area contributed by atoms with Crippen molar-refractivity contribution in [3.63, 3.8) is 0 Å². The predicted molar refractivity (Wildman–Crippen MR) is 117 cm³/mol. The maximum absolute atomic E-state index is 13.2. The van der Waals surface area contributed by atoms with Crippen molar-refractivity contribution >= 4 is 0 Å². The smallest absolute Gasteiger partial charge is 0.155 e. The van der Waals surface area contributed by atoms with Crippen LogP contribution >= 0.6 is 0 Å². The third kappa shape index (κ3) is 3.92. The number of benzene rings is 2. The van der Waals surface area contributed by atoms with E-state index in [1.165, 1.54) is 12.1 Å². The van der Waals surface area contributed by atoms with Crippen molar-refractivity contribution in [3.8, 4) is 28.3 Å². The minimum absolute atomic E-state index is 0.242. The zero-order chi connectivity index (χ0) is 21.4. The van der Waals surface area contributed by atoms with Crippen molar-refractivity contribution in [2.45, 2.75) is 26.0 Å². The fourth-order valence-corrected chi connectivity index (χ4v) is 4.19. The number of aromatic nitrogens is 2. The Morgan fingerprint density at radius 3 is 2.39 bits per heavy atom. The van der Waals surface area contributed by atoms with Gasteiger partial charge in [0.2, 0.25) is 0 Å². The summed E-state index contributed by atoms with van der Waals surface area (Å²) in [7, 11) is 0. The molecule has 158 valence electrons. The molecule has 0 saturated carbocycles. The van der Waals surface area contributed by atoms with Gasteiger partial charge >= 0.3 is 0 Å². The van der Waals surface area contributed by atoms with E-state index in [9.17, 15) is 9.50 Å². The zero-order valence-corrected chi connectivity index (χ0v) is 17.3. The van der Waals surface area contributed by atoms with Crippen LogP contribution in [-0.4, -0.2) is 39.0 Å². The summed E-state index contributed by atoms with van der Waals surface area (Å²) in [6, 6.07) is 16.5. The predicted octanol–water partition coefficient (Wildman–Crippen LogP) is 4.81. The van der Waals surface area contributed by atoms with Crippen LogP contribution in [0.15, 0.2) is 71.5 Å². The van der Waals surface area contributed by atoms with E-state index in [0.717, 1.165) is 52.4 Å². The Bertz CT molecular complexity index is 1180. The number of halogens is 1. The summed E-state index contributed by atoms with van der Waals surface area (Å²) in [4.78, 5) is 2.24. The normalized spacial score (nSPS) is 16.8. The summed E-state index contributed by atoms with van der Waals surface area (Å²) in [5.74, 6) is 0.559. The number of hydrogen-bond acceptors (Lipinski definition) is 4. The van der Waals surface area contributed by atoms with Gasteiger partial charge in [-0.05, 0) is 60.4 Å². The van der Waals surface area contributed by atoms with Crippen molar-refractivity contribution in [1.29, 1.82) is 0 Å². The molecule has 4 aromatic rings. The van der Waals surface area contributed by atoms with Crippen LogP contribution in [0, 0.1) is 12.7 Å². The van der Waals surface area contributed by atoms with Crippen LogP contribution in [0.3, 0.4) is 0 Å². The number of furan rings is 1. The lowest BCUT2D eigenvalue weighted by molar-refractivity contribution is 0.175. The summed E-state index contributed by atoms with van der Waals surface area (Å²) in [5, 5.41) is 14.6. The van der Waals surface area contributed by atoms with E-state index < -0.39 is 0 Å². The number of aliphatic hydroxyl groups is 1. The fraction of sp³-hybridized carbons (Fsp3) is 0.240. The summed E-state index contributed by atoms with van der Waals surface area (Å²) >= 11 is 0. The number of likely N-dealkylation sites (tertiary alicyclic amines) is 1. The third-order valence-corrected chi connectivity index (χ3v) is 5.85. The van der Waals surface area contributed by atoms with Gasteiger partial charge in [-0.1, -0.05) is 24.3 Å². The Morgan fingerprint density at radius 2 is 1.77 bits per heavy atom. The molecule has 0 radical (unpaired) electrons. The van der Waals surface area contributed by atoms with Crippen molar-refractivity contribution in [3.05, 3.63) is 84.0 Å². The molecule has 5 nitrogen and oxygen atoms in total. The van der Waals surface area contributed by atoms with Gasteiger partial charge in [0.25, 0.3) is 0 Å². The van der Waals surface area contributed by atoms with E-state index in [-0.39, 0.29) is 11.9 Å². The van der Waals surface area contributed by atoms with E-state index in [1.807, 2.05) is 48.1 Å². The fourth-order valence-electron chi connectivity index (χ4n) is 4.19. The summed E-state index contributed by atoms with van der Waals surface area (Å²) in [5.41, 5.74) is 5.94. The highest BCUT2D eigenvalue weighted by atomic mass is 19.1. The van der Waals surface area contributed by atoms with E-state index >= 15 is 0 Å². The SMILES string of the molecule is Cc1ccoc1-c1c(CN2CCC(O)C2)cnn1-c1ccc(-c2ccc(F)cc2)cc1. The quantitative estimate of drug-likeness (QED) is 0.506. The Morgan fingerprint density at radius 1 is 1.06 bits per heavy atom.